The van der Waals surface area contributed by atoms with Crippen LogP contribution < -0.4 is 0 Å². The number of benzene rings is 2. The Labute approximate surface area is 123 Å². The van der Waals surface area contributed by atoms with Crippen molar-refractivity contribution >= 4 is 11.6 Å². The monoisotopic (exact) mass is 280 g/mol. The van der Waals surface area contributed by atoms with Gasteiger partial charge in [-0.3, -0.25) is 0 Å². The first-order chi connectivity index (χ1) is 9.72. The number of rotatable bonds is 2. The quantitative estimate of drug-likeness (QED) is 0.675. The molecule has 0 radical (unpaired) electrons. The van der Waals surface area contributed by atoms with Gasteiger partial charge in [0.25, 0.3) is 0 Å². The van der Waals surface area contributed by atoms with Gasteiger partial charge >= 0.3 is 0 Å². The zero-order valence-corrected chi connectivity index (χ0v) is 11.8. The minimum atomic E-state index is 0.724. The molecule has 0 spiro atoms. The maximum absolute atomic E-state index is 5.91. The Bertz CT molecular complexity index is 658. The molecule has 0 unspecified atom stereocenters. The molecule has 0 amide bonds. The molecule has 0 aliphatic heterocycles. The number of nitrogens with zero attached hydrogens (tertiary/aromatic N) is 2. The first-order valence-electron chi connectivity index (χ1n) is 6.37. The fraction of sp³-hybridized carbons (Fsp3) is 0.0588. The van der Waals surface area contributed by atoms with Gasteiger partial charge in [0.1, 0.15) is 6.33 Å². The van der Waals surface area contributed by atoms with Crippen molar-refractivity contribution in [1.82, 2.24) is 9.97 Å². The largest absolute Gasteiger partial charge is 0.236 e. The number of aryl methyl sites for hydroxylation is 1. The topological polar surface area (TPSA) is 25.8 Å². The molecule has 0 N–H and O–H groups in total. The lowest BCUT2D eigenvalue weighted by Crippen LogP contribution is -1.89. The molecule has 3 heteroatoms. The van der Waals surface area contributed by atoms with E-state index in [0.29, 0.717) is 0 Å². The summed E-state index contributed by atoms with van der Waals surface area (Å²) in [5, 5.41) is 0.724. The molecule has 3 aromatic rings. The van der Waals surface area contributed by atoms with Crippen LogP contribution in [0.1, 0.15) is 5.56 Å². The van der Waals surface area contributed by atoms with Crippen LogP contribution >= 0.6 is 11.6 Å². The predicted octanol–water partition coefficient (Wildman–Crippen LogP) is 4.77. The second-order valence-electron chi connectivity index (χ2n) is 4.66. The summed E-state index contributed by atoms with van der Waals surface area (Å²) in [6.45, 7) is 2.07. The number of aromatic nitrogens is 2. The van der Waals surface area contributed by atoms with Gasteiger partial charge in [-0.05, 0) is 25.1 Å². The molecule has 20 heavy (non-hydrogen) atoms. The summed E-state index contributed by atoms with van der Waals surface area (Å²) < 4.78 is 0. The van der Waals surface area contributed by atoms with Crippen LogP contribution in [0.3, 0.4) is 0 Å². The molecule has 0 bridgehead atoms. The summed E-state index contributed by atoms with van der Waals surface area (Å²) in [6.07, 6.45) is 1.60. The molecule has 1 aromatic heterocycles. The lowest BCUT2D eigenvalue weighted by Gasteiger charge is -2.05. The molecular weight excluding hydrogens is 268 g/mol. The van der Waals surface area contributed by atoms with Crippen molar-refractivity contribution in [2.75, 3.05) is 0 Å². The number of hydrogen-bond donors (Lipinski definition) is 0. The van der Waals surface area contributed by atoms with E-state index in [0.717, 1.165) is 27.5 Å². The third kappa shape index (κ3) is 2.70. The molecule has 3 rings (SSSR count). The van der Waals surface area contributed by atoms with Gasteiger partial charge in [0.2, 0.25) is 0 Å². The first kappa shape index (κ1) is 12.8. The molecule has 2 nitrogen and oxygen atoms in total. The van der Waals surface area contributed by atoms with E-state index in [2.05, 4.69) is 41.2 Å². The SMILES string of the molecule is Cc1ccc(-c2cc(-c3ccc(Cl)cc3)ncn2)cc1. The van der Waals surface area contributed by atoms with Crippen LogP contribution in [0.25, 0.3) is 22.5 Å². The highest BCUT2D eigenvalue weighted by molar-refractivity contribution is 6.30. The minimum absolute atomic E-state index is 0.724. The standard InChI is InChI=1S/C17H13ClN2/c1-12-2-4-13(5-3-12)16-10-17(20-11-19-16)14-6-8-15(18)9-7-14/h2-11H,1H3. The third-order valence-corrected chi connectivity index (χ3v) is 3.41. The summed E-state index contributed by atoms with van der Waals surface area (Å²) in [7, 11) is 0. The van der Waals surface area contributed by atoms with Crippen LogP contribution in [0.2, 0.25) is 5.02 Å². The van der Waals surface area contributed by atoms with Gasteiger partial charge in [-0.2, -0.15) is 0 Å². The molecule has 0 aliphatic carbocycles. The molecule has 98 valence electrons. The van der Waals surface area contributed by atoms with Gasteiger partial charge < -0.3 is 0 Å². The zero-order valence-electron chi connectivity index (χ0n) is 11.0. The molecule has 0 saturated heterocycles. The van der Waals surface area contributed by atoms with Crippen LogP contribution in [-0.4, -0.2) is 9.97 Å². The normalized spacial score (nSPS) is 10.5. The van der Waals surface area contributed by atoms with Gasteiger partial charge in [0.15, 0.2) is 0 Å². The van der Waals surface area contributed by atoms with Gasteiger partial charge in [0.05, 0.1) is 11.4 Å². The molecule has 0 atom stereocenters. The highest BCUT2D eigenvalue weighted by Gasteiger charge is 2.04. The number of hydrogen-bond acceptors (Lipinski definition) is 2. The molecule has 2 aromatic carbocycles. The molecule has 0 fully saturated rings. The Morgan fingerprint density at radius 1 is 0.750 bits per heavy atom. The van der Waals surface area contributed by atoms with Gasteiger partial charge in [-0.15, -0.1) is 0 Å². The van der Waals surface area contributed by atoms with E-state index in [-0.39, 0.29) is 0 Å². The van der Waals surface area contributed by atoms with E-state index in [9.17, 15) is 0 Å². The summed E-state index contributed by atoms with van der Waals surface area (Å²) in [4.78, 5) is 8.67. The third-order valence-electron chi connectivity index (χ3n) is 3.15. The maximum atomic E-state index is 5.91. The lowest BCUT2D eigenvalue weighted by molar-refractivity contribution is 1.18. The van der Waals surface area contributed by atoms with Gasteiger partial charge in [0, 0.05) is 16.1 Å². The average Bonchev–Trinajstić information content (AvgIpc) is 2.49. The van der Waals surface area contributed by atoms with Crippen molar-refractivity contribution in [2.45, 2.75) is 6.92 Å². The van der Waals surface area contributed by atoms with E-state index >= 15 is 0 Å². The summed E-state index contributed by atoms with van der Waals surface area (Å²) in [5.41, 5.74) is 5.18. The Morgan fingerprint density at radius 2 is 1.25 bits per heavy atom. The highest BCUT2D eigenvalue weighted by Crippen LogP contribution is 2.24. The van der Waals surface area contributed by atoms with E-state index < -0.39 is 0 Å². The van der Waals surface area contributed by atoms with Crippen molar-refractivity contribution in [1.29, 1.82) is 0 Å². The average molecular weight is 281 g/mol. The molecule has 0 saturated carbocycles. The summed E-state index contributed by atoms with van der Waals surface area (Å²) in [5.74, 6) is 0. The maximum Gasteiger partial charge on any atom is 0.116 e. The van der Waals surface area contributed by atoms with Crippen LogP contribution in [0, 0.1) is 6.92 Å². The van der Waals surface area contributed by atoms with Crippen molar-refractivity contribution < 1.29 is 0 Å². The lowest BCUT2D eigenvalue weighted by atomic mass is 10.1. The van der Waals surface area contributed by atoms with Crippen molar-refractivity contribution in [3.8, 4) is 22.5 Å². The highest BCUT2D eigenvalue weighted by atomic mass is 35.5. The molecule has 1 heterocycles. The van der Waals surface area contributed by atoms with Crippen molar-refractivity contribution in [2.24, 2.45) is 0 Å². The number of halogens is 1. The fourth-order valence-electron chi connectivity index (χ4n) is 2.02. The fourth-order valence-corrected chi connectivity index (χ4v) is 2.14. The smallest absolute Gasteiger partial charge is 0.116 e. The Morgan fingerprint density at radius 3 is 1.80 bits per heavy atom. The molecular formula is C17H13ClN2. The van der Waals surface area contributed by atoms with E-state index in [1.165, 1.54) is 5.56 Å². The minimum Gasteiger partial charge on any atom is -0.236 e. The van der Waals surface area contributed by atoms with Crippen LogP contribution in [0.15, 0.2) is 60.9 Å². The van der Waals surface area contributed by atoms with E-state index in [4.69, 9.17) is 11.6 Å². The van der Waals surface area contributed by atoms with Crippen molar-refractivity contribution in [3.63, 3.8) is 0 Å². The van der Waals surface area contributed by atoms with Gasteiger partial charge in [-0.1, -0.05) is 53.6 Å². The summed E-state index contributed by atoms with van der Waals surface area (Å²) >= 11 is 5.91. The second kappa shape index (κ2) is 5.43. The van der Waals surface area contributed by atoms with Crippen LogP contribution in [0.4, 0.5) is 0 Å². The first-order valence-corrected chi connectivity index (χ1v) is 6.75. The van der Waals surface area contributed by atoms with Crippen LogP contribution in [0.5, 0.6) is 0 Å². The van der Waals surface area contributed by atoms with E-state index in [1.807, 2.05) is 30.3 Å². The Balaban J connectivity index is 2.01. The predicted molar refractivity (Wildman–Crippen MR) is 82.7 cm³/mol. The van der Waals surface area contributed by atoms with Gasteiger partial charge in [-0.25, -0.2) is 9.97 Å². The zero-order chi connectivity index (χ0) is 13.9. The van der Waals surface area contributed by atoms with Crippen LogP contribution in [-0.2, 0) is 0 Å². The van der Waals surface area contributed by atoms with Crippen molar-refractivity contribution in [3.05, 3.63) is 71.5 Å². The molecule has 0 aliphatic rings. The second-order valence-corrected chi connectivity index (χ2v) is 5.10. The Kier molecular flexibility index (Phi) is 3.48. The van der Waals surface area contributed by atoms with E-state index in [1.54, 1.807) is 6.33 Å². The Hall–Kier alpha value is -2.19. The summed E-state index contributed by atoms with van der Waals surface area (Å²) in [6, 6.07) is 18.0.